The minimum atomic E-state index is -0.123. The molecule has 0 atom stereocenters. The van der Waals surface area contributed by atoms with Crippen molar-refractivity contribution in [2.24, 2.45) is 0 Å². The number of benzene rings is 2. The summed E-state index contributed by atoms with van der Waals surface area (Å²) in [4.78, 5) is 16.4. The van der Waals surface area contributed by atoms with Crippen molar-refractivity contribution < 1.29 is 4.79 Å². The van der Waals surface area contributed by atoms with E-state index in [1.165, 1.54) is 0 Å². The van der Waals surface area contributed by atoms with Crippen LogP contribution < -0.4 is 10.6 Å². The molecule has 3 aromatic rings. The number of fused-ring (bicyclic) bond motifs is 1. The van der Waals surface area contributed by atoms with E-state index in [1.54, 1.807) is 24.5 Å². The van der Waals surface area contributed by atoms with Gasteiger partial charge in [-0.3, -0.25) is 9.78 Å². The van der Waals surface area contributed by atoms with Gasteiger partial charge in [0, 0.05) is 47.2 Å². The van der Waals surface area contributed by atoms with Gasteiger partial charge in [0.2, 0.25) is 0 Å². The predicted molar refractivity (Wildman–Crippen MR) is 85.7 cm³/mol. The third-order valence-corrected chi connectivity index (χ3v) is 3.36. The third-order valence-electron chi connectivity index (χ3n) is 3.36. The molecular weight excluding hydrogens is 262 g/mol. The summed E-state index contributed by atoms with van der Waals surface area (Å²) >= 11 is 0. The normalized spacial score (nSPS) is 10.3. The summed E-state index contributed by atoms with van der Waals surface area (Å²) < 4.78 is 0. The van der Waals surface area contributed by atoms with Gasteiger partial charge in [-0.05, 0) is 36.4 Å². The van der Waals surface area contributed by atoms with Gasteiger partial charge < -0.3 is 10.6 Å². The smallest absolute Gasteiger partial charge is 0.255 e. The number of hydrogen-bond donors (Lipinski definition) is 2. The molecule has 2 aromatic carbocycles. The van der Waals surface area contributed by atoms with Gasteiger partial charge in [-0.1, -0.05) is 12.1 Å². The summed E-state index contributed by atoms with van der Waals surface area (Å²) in [7, 11) is 1.85. The van der Waals surface area contributed by atoms with E-state index in [0.29, 0.717) is 5.56 Å². The molecule has 0 aliphatic heterocycles. The molecule has 0 saturated carbocycles. The number of anilines is 2. The van der Waals surface area contributed by atoms with Crippen molar-refractivity contribution in [3.63, 3.8) is 0 Å². The molecule has 0 bridgehead atoms. The highest BCUT2D eigenvalue weighted by Gasteiger charge is 2.08. The molecule has 1 aromatic heterocycles. The van der Waals surface area contributed by atoms with Gasteiger partial charge in [0.15, 0.2) is 0 Å². The first-order valence-corrected chi connectivity index (χ1v) is 6.70. The molecule has 0 saturated heterocycles. The van der Waals surface area contributed by atoms with Crippen molar-refractivity contribution in [1.82, 2.24) is 4.98 Å². The Labute approximate surface area is 122 Å². The van der Waals surface area contributed by atoms with E-state index in [1.807, 2.05) is 43.4 Å². The lowest BCUT2D eigenvalue weighted by Gasteiger charge is -2.09. The molecule has 0 fully saturated rings. The fourth-order valence-electron chi connectivity index (χ4n) is 2.21. The van der Waals surface area contributed by atoms with Crippen molar-refractivity contribution in [3.8, 4) is 0 Å². The summed E-state index contributed by atoms with van der Waals surface area (Å²) in [5.41, 5.74) is 2.39. The van der Waals surface area contributed by atoms with Gasteiger partial charge in [-0.15, -0.1) is 0 Å². The topological polar surface area (TPSA) is 54.0 Å². The van der Waals surface area contributed by atoms with Crippen LogP contribution in [0.25, 0.3) is 10.8 Å². The van der Waals surface area contributed by atoms with Crippen LogP contribution in [0, 0.1) is 0 Å². The summed E-state index contributed by atoms with van der Waals surface area (Å²) in [6.45, 7) is 0. The van der Waals surface area contributed by atoms with Crippen molar-refractivity contribution >= 4 is 28.1 Å². The number of nitrogens with zero attached hydrogens (tertiary/aromatic N) is 1. The third kappa shape index (κ3) is 2.69. The number of hydrogen-bond acceptors (Lipinski definition) is 3. The Kier molecular flexibility index (Phi) is 3.51. The van der Waals surface area contributed by atoms with Gasteiger partial charge in [-0.2, -0.15) is 0 Å². The van der Waals surface area contributed by atoms with Crippen LogP contribution in [0.5, 0.6) is 0 Å². The molecule has 2 N–H and O–H groups in total. The second-order valence-corrected chi connectivity index (χ2v) is 4.68. The van der Waals surface area contributed by atoms with Crippen molar-refractivity contribution in [3.05, 3.63) is 66.5 Å². The number of carbonyl (C=O) groups is 1. The van der Waals surface area contributed by atoms with Crippen molar-refractivity contribution in [1.29, 1.82) is 0 Å². The first kappa shape index (κ1) is 13.1. The Morgan fingerprint density at radius 2 is 1.86 bits per heavy atom. The van der Waals surface area contributed by atoms with E-state index in [9.17, 15) is 4.79 Å². The first-order valence-electron chi connectivity index (χ1n) is 6.70. The predicted octanol–water partition coefficient (Wildman–Crippen LogP) is 3.53. The van der Waals surface area contributed by atoms with Crippen LogP contribution >= 0.6 is 0 Å². The highest BCUT2D eigenvalue weighted by Crippen LogP contribution is 2.22. The Morgan fingerprint density at radius 3 is 2.62 bits per heavy atom. The summed E-state index contributed by atoms with van der Waals surface area (Å²) in [6, 6.07) is 15.0. The van der Waals surface area contributed by atoms with Gasteiger partial charge >= 0.3 is 0 Å². The zero-order chi connectivity index (χ0) is 14.7. The molecule has 0 aliphatic carbocycles. The van der Waals surface area contributed by atoms with E-state index >= 15 is 0 Å². The minimum absolute atomic E-state index is 0.123. The Balaban J connectivity index is 1.89. The number of pyridine rings is 1. The van der Waals surface area contributed by atoms with E-state index in [-0.39, 0.29) is 5.91 Å². The van der Waals surface area contributed by atoms with Crippen LogP contribution in [0.15, 0.2) is 60.9 Å². The first-order chi connectivity index (χ1) is 10.3. The summed E-state index contributed by atoms with van der Waals surface area (Å²) in [5, 5.41) is 7.96. The van der Waals surface area contributed by atoms with Gasteiger partial charge in [0.1, 0.15) is 0 Å². The van der Waals surface area contributed by atoms with E-state index in [0.717, 1.165) is 22.1 Å². The number of rotatable bonds is 3. The standard InChI is InChI=1S/C17H15N3O/c1-18-14-7-5-12(6-8-14)17(21)20-16-4-2-3-13-11-19-10-9-15(13)16/h2-11,18H,1H3,(H,20,21). The Morgan fingerprint density at radius 1 is 1.05 bits per heavy atom. The lowest BCUT2D eigenvalue weighted by Crippen LogP contribution is -2.12. The SMILES string of the molecule is CNc1ccc(C(=O)Nc2cccc3cnccc23)cc1. The maximum atomic E-state index is 12.3. The lowest BCUT2D eigenvalue weighted by molar-refractivity contribution is 0.102. The van der Waals surface area contributed by atoms with Crippen molar-refractivity contribution in [2.45, 2.75) is 0 Å². The average molecular weight is 277 g/mol. The molecule has 0 unspecified atom stereocenters. The fourth-order valence-corrected chi connectivity index (χ4v) is 2.21. The second kappa shape index (κ2) is 5.63. The number of carbonyl (C=O) groups excluding carboxylic acids is 1. The molecule has 4 heteroatoms. The molecule has 3 rings (SSSR count). The van der Waals surface area contributed by atoms with Crippen LogP contribution in [0.4, 0.5) is 11.4 Å². The molecule has 104 valence electrons. The molecule has 0 radical (unpaired) electrons. The van der Waals surface area contributed by atoms with Crippen LogP contribution in [-0.4, -0.2) is 17.9 Å². The van der Waals surface area contributed by atoms with Gasteiger partial charge in [0.25, 0.3) is 5.91 Å². The molecular formula is C17H15N3O. The minimum Gasteiger partial charge on any atom is -0.388 e. The highest BCUT2D eigenvalue weighted by atomic mass is 16.1. The molecule has 0 aliphatic rings. The van der Waals surface area contributed by atoms with Crippen LogP contribution in [0.1, 0.15) is 10.4 Å². The number of amides is 1. The van der Waals surface area contributed by atoms with Gasteiger partial charge in [0.05, 0.1) is 0 Å². The van der Waals surface area contributed by atoms with Crippen LogP contribution in [0.3, 0.4) is 0 Å². The summed E-state index contributed by atoms with van der Waals surface area (Å²) in [6.07, 6.45) is 3.51. The second-order valence-electron chi connectivity index (χ2n) is 4.68. The number of aromatic nitrogens is 1. The molecule has 0 spiro atoms. The van der Waals surface area contributed by atoms with E-state index < -0.39 is 0 Å². The Bertz CT molecular complexity index is 776. The number of nitrogens with one attached hydrogen (secondary N) is 2. The van der Waals surface area contributed by atoms with E-state index in [2.05, 4.69) is 15.6 Å². The molecule has 1 amide bonds. The maximum absolute atomic E-state index is 12.3. The molecule has 21 heavy (non-hydrogen) atoms. The lowest BCUT2D eigenvalue weighted by atomic mass is 10.1. The average Bonchev–Trinajstić information content (AvgIpc) is 2.55. The van der Waals surface area contributed by atoms with Crippen LogP contribution in [-0.2, 0) is 0 Å². The quantitative estimate of drug-likeness (QED) is 0.770. The van der Waals surface area contributed by atoms with E-state index in [4.69, 9.17) is 0 Å². The molecule has 4 nitrogen and oxygen atoms in total. The highest BCUT2D eigenvalue weighted by molar-refractivity contribution is 6.09. The fraction of sp³-hybridized carbons (Fsp3) is 0.0588. The zero-order valence-electron chi connectivity index (χ0n) is 11.6. The Hall–Kier alpha value is -2.88. The summed E-state index contributed by atoms with van der Waals surface area (Å²) in [5.74, 6) is -0.123. The van der Waals surface area contributed by atoms with Crippen LogP contribution in [0.2, 0.25) is 0 Å². The largest absolute Gasteiger partial charge is 0.388 e. The maximum Gasteiger partial charge on any atom is 0.255 e. The van der Waals surface area contributed by atoms with Gasteiger partial charge in [-0.25, -0.2) is 0 Å². The zero-order valence-corrected chi connectivity index (χ0v) is 11.6. The molecule has 1 heterocycles. The monoisotopic (exact) mass is 277 g/mol. The van der Waals surface area contributed by atoms with Crippen molar-refractivity contribution in [2.75, 3.05) is 17.7 Å².